The molecule has 4 rings (SSSR count). The van der Waals surface area contributed by atoms with Crippen molar-refractivity contribution in [1.82, 2.24) is 10.1 Å². The maximum atomic E-state index is 12.9. The van der Waals surface area contributed by atoms with Crippen molar-refractivity contribution in [3.05, 3.63) is 57.5 Å². The number of hydrogen-bond acceptors (Lipinski definition) is 5. The Morgan fingerprint density at radius 1 is 1.32 bits per heavy atom. The summed E-state index contributed by atoms with van der Waals surface area (Å²) < 4.78 is 2.43. The second kappa shape index (κ2) is 7.35. The van der Waals surface area contributed by atoms with E-state index in [1.807, 2.05) is 24.3 Å². The highest BCUT2D eigenvalue weighted by atomic mass is 79.9. The van der Waals surface area contributed by atoms with Crippen molar-refractivity contribution in [3.8, 4) is 17.1 Å². The Balaban J connectivity index is 2.10. The van der Waals surface area contributed by atoms with Crippen LogP contribution in [0.1, 0.15) is 18.7 Å². The fraction of sp³-hybridized carbons (Fsp3) is 0.158. The summed E-state index contributed by atoms with van der Waals surface area (Å²) in [6.07, 6.45) is 1.17. The van der Waals surface area contributed by atoms with Gasteiger partial charge in [0.05, 0.1) is 17.1 Å². The van der Waals surface area contributed by atoms with Crippen molar-refractivity contribution in [2.24, 2.45) is 0 Å². The van der Waals surface area contributed by atoms with Crippen molar-refractivity contribution < 1.29 is 14.6 Å². The molecule has 2 heterocycles. The standard InChI is InChI=1S/C19H14BrClN4O2S/c1-10(26)24-15-7-6-13(21)9-14(15)16-17(27)22-19(28-2)23-25(16)18(24)11-4-3-5-12(20)8-11/h3-9,18H,1-2H3. The molecule has 1 aromatic heterocycles. The summed E-state index contributed by atoms with van der Waals surface area (Å²) in [7, 11) is 0. The van der Waals surface area contributed by atoms with Crippen LogP contribution in [-0.2, 0) is 4.79 Å². The van der Waals surface area contributed by atoms with Crippen molar-refractivity contribution in [1.29, 1.82) is 0 Å². The molecule has 28 heavy (non-hydrogen) atoms. The molecule has 0 aliphatic carbocycles. The van der Waals surface area contributed by atoms with E-state index >= 15 is 0 Å². The Morgan fingerprint density at radius 3 is 2.79 bits per heavy atom. The SMILES string of the molecule is CSc1nc([O-])c2[n+](n1)C(c1cccc(Br)c1)N(C(C)=O)c1ccc(Cl)cc1-2. The number of benzene rings is 2. The van der Waals surface area contributed by atoms with Crippen molar-refractivity contribution in [2.75, 3.05) is 11.2 Å². The molecule has 0 saturated heterocycles. The number of carbonyl (C=O) groups excluding carboxylic acids is 1. The van der Waals surface area contributed by atoms with Gasteiger partial charge in [-0.05, 0) is 36.6 Å². The molecule has 3 aromatic rings. The zero-order chi connectivity index (χ0) is 20.0. The molecule has 0 saturated carbocycles. The third kappa shape index (κ3) is 3.15. The summed E-state index contributed by atoms with van der Waals surface area (Å²) in [5.41, 5.74) is 2.24. The molecule has 9 heteroatoms. The third-order valence-electron chi connectivity index (χ3n) is 4.44. The third-order valence-corrected chi connectivity index (χ3v) is 5.71. The van der Waals surface area contributed by atoms with Gasteiger partial charge < -0.3 is 5.11 Å². The molecular formula is C19H14BrClN4O2S. The predicted molar refractivity (Wildman–Crippen MR) is 109 cm³/mol. The molecule has 0 bridgehead atoms. The Bertz CT molecular complexity index is 1110. The summed E-state index contributed by atoms with van der Waals surface area (Å²) in [6.45, 7) is 1.49. The van der Waals surface area contributed by atoms with E-state index in [4.69, 9.17) is 11.6 Å². The van der Waals surface area contributed by atoms with Crippen LogP contribution in [0.2, 0.25) is 5.02 Å². The molecule has 142 valence electrons. The number of thioether (sulfide) groups is 1. The molecule has 1 aliphatic rings. The zero-order valence-corrected chi connectivity index (χ0v) is 18.0. The highest BCUT2D eigenvalue weighted by Gasteiger charge is 2.44. The van der Waals surface area contributed by atoms with Crippen LogP contribution < -0.4 is 14.7 Å². The van der Waals surface area contributed by atoms with Crippen LogP contribution in [0.25, 0.3) is 11.3 Å². The monoisotopic (exact) mass is 476 g/mol. The fourth-order valence-corrected chi connectivity index (χ4v) is 4.29. The van der Waals surface area contributed by atoms with Gasteiger partial charge in [0.25, 0.3) is 17.0 Å². The van der Waals surface area contributed by atoms with Crippen LogP contribution >= 0.6 is 39.3 Å². The van der Waals surface area contributed by atoms with Crippen LogP contribution in [0, 0.1) is 0 Å². The topological polar surface area (TPSA) is 73.0 Å². The second-order valence-corrected chi connectivity index (χ2v) is 8.30. The van der Waals surface area contributed by atoms with Crippen LogP contribution in [0.4, 0.5) is 5.69 Å². The number of fused-ring (bicyclic) bond motifs is 3. The molecule has 1 aliphatic heterocycles. The normalized spacial score (nSPS) is 15.1. The van der Waals surface area contributed by atoms with Gasteiger partial charge in [0.15, 0.2) is 0 Å². The predicted octanol–water partition coefficient (Wildman–Crippen LogP) is 3.56. The van der Waals surface area contributed by atoms with E-state index in [2.05, 4.69) is 26.0 Å². The maximum Gasteiger partial charge on any atom is 0.293 e. The van der Waals surface area contributed by atoms with Gasteiger partial charge in [-0.2, -0.15) is 0 Å². The minimum absolute atomic E-state index is 0.177. The van der Waals surface area contributed by atoms with Crippen LogP contribution in [0.5, 0.6) is 5.88 Å². The number of rotatable bonds is 2. The van der Waals surface area contributed by atoms with E-state index in [0.717, 1.165) is 10.0 Å². The molecule has 1 unspecified atom stereocenters. The Morgan fingerprint density at radius 2 is 2.11 bits per heavy atom. The van der Waals surface area contributed by atoms with E-state index in [1.54, 1.807) is 34.0 Å². The lowest BCUT2D eigenvalue weighted by Gasteiger charge is -2.33. The number of halogens is 2. The number of aromatic nitrogens is 3. The van der Waals surface area contributed by atoms with Gasteiger partial charge in [-0.25, -0.2) is 9.88 Å². The van der Waals surface area contributed by atoms with Crippen molar-refractivity contribution in [3.63, 3.8) is 0 Å². The van der Waals surface area contributed by atoms with Crippen molar-refractivity contribution >= 4 is 50.9 Å². The Kier molecular flexibility index (Phi) is 5.03. The fourth-order valence-electron chi connectivity index (χ4n) is 3.35. The van der Waals surface area contributed by atoms with E-state index in [1.165, 1.54) is 18.7 Å². The first-order chi connectivity index (χ1) is 13.4. The van der Waals surface area contributed by atoms with Gasteiger partial charge in [0, 0.05) is 27.1 Å². The van der Waals surface area contributed by atoms with Gasteiger partial charge in [0.1, 0.15) is 0 Å². The largest absolute Gasteiger partial charge is 0.854 e. The minimum Gasteiger partial charge on any atom is -0.854 e. The number of hydrogen-bond donors (Lipinski definition) is 0. The van der Waals surface area contributed by atoms with E-state index in [9.17, 15) is 9.90 Å². The molecular weight excluding hydrogens is 464 g/mol. The van der Waals surface area contributed by atoms with Gasteiger partial charge in [0.2, 0.25) is 5.91 Å². The molecule has 2 aromatic carbocycles. The highest BCUT2D eigenvalue weighted by molar-refractivity contribution is 9.10. The Labute approximate surface area is 179 Å². The zero-order valence-electron chi connectivity index (χ0n) is 14.9. The molecule has 0 N–H and O–H groups in total. The lowest BCUT2D eigenvalue weighted by atomic mass is 10.0. The first-order valence-corrected chi connectivity index (χ1v) is 10.7. The summed E-state index contributed by atoms with van der Waals surface area (Å²) in [5.74, 6) is -0.588. The molecule has 0 radical (unpaired) electrons. The van der Waals surface area contributed by atoms with E-state index < -0.39 is 12.0 Å². The maximum absolute atomic E-state index is 12.9. The molecule has 0 fully saturated rings. The average molecular weight is 478 g/mol. The van der Waals surface area contributed by atoms with Crippen LogP contribution in [0.3, 0.4) is 0 Å². The summed E-state index contributed by atoms with van der Waals surface area (Å²) >= 11 is 10.9. The van der Waals surface area contributed by atoms with Crippen LogP contribution in [-0.4, -0.2) is 22.2 Å². The lowest BCUT2D eigenvalue weighted by Crippen LogP contribution is -2.58. The smallest absolute Gasteiger partial charge is 0.293 e. The number of amides is 1. The van der Waals surface area contributed by atoms with Gasteiger partial charge >= 0.3 is 0 Å². The summed E-state index contributed by atoms with van der Waals surface area (Å²) in [4.78, 5) is 18.4. The summed E-state index contributed by atoms with van der Waals surface area (Å²) in [5, 5.41) is 18.3. The van der Waals surface area contributed by atoms with E-state index in [0.29, 0.717) is 27.1 Å². The molecule has 1 atom stereocenters. The first kappa shape index (κ1) is 19.2. The molecule has 6 nitrogen and oxygen atoms in total. The first-order valence-electron chi connectivity index (χ1n) is 8.30. The van der Waals surface area contributed by atoms with Crippen molar-refractivity contribution in [2.45, 2.75) is 18.2 Å². The highest BCUT2D eigenvalue weighted by Crippen LogP contribution is 2.42. The van der Waals surface area contributed by atoms with Gasteiger partial charge in [-0.3, -0.25) is 4.79 Å². The summed E-state index contributed by atoms with van der Waals surface area (Å²) in [6, 6.07) is 12.7. The Hall–Kier alpha value is -2.16. The van der Waals surface area contributed by atoms with Crippen LogP contribution in [0.15, 0.2) is 52.1 Å². The lowest BCUT2D eigenvalue weighted by molar-refractivity contribution is -0.764. The quantitative estimate of drug-likeness (QED) is 0.417. The molecule has 1 amide bonds. The average Bonchev–Trinajstić information content (AvgIpc) is 2.66. The van der Waals surface area contributed by atoms with E-state index in [-0.39, 0.29) is 5.91 Å². The minimum atomic E-state index is -0.625. The second-order valence-electron chi connectivity index (χ2n) is 6.18. The molecule has 0 spiro atoms. The number of carbonyl (C=O) groups is 1. The number of anilines is 1. The number of nitrogens with zero attached hydrogens (tertiary/aromatic N) is 4. The van der Waals surface area contributed by atoms with Gasteiger partial charge in [-0.1, -0.05) is 56.1 Å². The van der Waals surface area contributed by atoms with Gasteiger partial charge in [-0.15, -0.1) is 0 Å².